The molecule has 0 bridgehead atoms. The molecule has 4 rings (SSSR count). The molecule has 2 aromatic rings. The molecule has 1 aliphatic carbocycles. The summed E-state index contributed by atoms with van der Waals surface area (Å²) in [5.41, 5.74) is 4.00. The molecule has 1 fully saturated rings. The fourth-order valence-corrected chi connectivity index (χ4v) is 4.58. The van der Waals surface area contributed by atoms with Gasteiger partial charge in [-0.05, 0) is 46.9 Å². The average Bonchev–Trinajstić information content (AvgIpc) is 2.87. The second-order valence-electron chi connectivity index (χ2n) is 9.00. The van der Waals surface area contributed by atoms with Crippen molar-refractivity contribution in [3.8, 4) is 0 Å². The number of carbonyl (C=O) groups is 2. The van der Waals surface area contributed by atoms with Crippen LogP contribution in [0.2, 0.25) is 0 Å². The van der Waals surface area contributed by atoms with Gasteiger partial charge in [-0.3, -0.25) is 14.5 Å². The van der Waals surface area contributed by atoms with Crippen molar-refractivity contribution in [2.45, 2.75) is 63.8 Å². The smallest absolute Gasteiger partial charge is 0.240 e. The van der Waals surface area contributed by atoms with E-state index in [0.29, 0.717) is 13.0 Å². The van der Waals surface area contributed by atoms with E-state index in [4.69, 9.17) is 0 Å². The molecule has 1 heterocycles. The van der Waals surface area contributed by atoms with Gasteiger partial charge in [0.1, 0.15) is 0 Å². The number of hydrogen-bond donors (Lipinski definition) is 0. The largest absolute Gasteiger partial charge is 0.277 e. The van der Waals surface area contributed by atoms with Crippen molar-refractivity contribution in [3.63, 3.8) is 0 Å². The Kier molecular flexibility index (Phi) is 4.21. The van der Waals surface area contributed by atoms with Crippen molar-refractivity contribution in [2.75, 3.05) is 0 Å². The molecule has 1 spiro atoms. The molecule has 27 heavy (non-hydrogen) atoms. The predicted molar refractivity (Wildman–Crippen MR) is 106 cm³/mol. The molecule has 0 saturated carbocycles. The van der Waals surface area contributed by atoms with Crippen LogP contribution >= 0.6 is 0 Å². The molecule has 0 N–H and O–H groups in total. The molecule has 3 nitrogen and oxygen atoms in total. The maximum absolute atomic E-state index is 13.4. The third-order valence-corrected chi connectivity index (χ3v) is 6.15. The highest BCUT2D eigenvalue weighted by molar-refractivity contribution is 6.09. The summed E-state index contributed by atoms with van der Waals surface area (Å²) in [6.45, 7) is 6.91. The van der Waals surface area contributed by atoms with E-state index in [1.54, 1.807) is 0 Å². The summed E-state index contributed by atoms with van der Waals surface area (Å²) in [4.78, 5) is 27.7. The average molecular weight is 361 g/mol. The Bertz CT molecular complexity index is 891. The standard InChI is InChI=1S/C24H27NO2/c1-23(2,3)19-12-10-17(11-13-19)16-25-21(26)15-24(22(25)27)14-6-8-18-7-4-5-9-20(18)24/h4-5,7,9-13H,6,8,14-16H2,1-3H3. The minimum atomic E-state index is -0.642. The molecule has 1 unspecified atom stereocenters. The highest BCUT2D eigenvalue weighted by Crippen LogP contribution is 2.45. The molecule has 0 aromatic heterocycles. The van der Waals surface area contributed by atoms with Crippen LogP contribution in [0.15, 0.2) is 48.5 Å². The lowest BCUT2D eigenvalue weighted by Gasteiger charge is -2.33. The third kappa shape index (κ3) is 2.99. The second kappa shape index (κ2) is 6.33. The zero-order valence-corrected chi connectivity index (χ0v) is 16.4. The first kappa shape index (κ1) is 18.0. The van der Waals surface area contributed by atoms with E-state index in [1.807, 2.05) is 30.3 Å². The van der Waals surface area contributed by atoms with E-state index in [2.05, 4.69) is 39.0 Å². The van der Waals surface area contributed by atoms with Crippen molar-refractivity contribution in [2.24, 2.45) is 0 Å². The number of rotatable bonds is 2. The maximum atomic E-state index is 13.4. The third-order valence-electron chi connectivity index (χ3n) is 6.15. The first-order valence-corrected chi connectivity index (χ1v) is 9.84. The Morgan fingerprint density at radius 1 is 1.00 bits per heavy atom. The summed E-state index contributed by atoms with van der Waals surface area (Å²) in [7, 11) is 0. The maximum Gasteiger partial charge on any atom is 0.240 e. The Labute approximate surface area is 161 Å². The van der Waals surface area contributed by atoms with Gasteiger partial charge in [-0.1, -0.05) is 69.3 Å². The molecule has 2 aromatic carbocycles. The first-order chi connectivity index (χ1) is 12.8. The highest BCUT2D eigenvalue weighted by Gasteiger charge is 2.53. The molecule has 140 valence electrons. The number of nitrogens with zero attached hydrogens (tertiary/aromatic N) is 1. The van der Waals surface area contributed by atoms with Crippen LogP contribution in [0.5, 0.6) is 0 Å². The van der Waals surface area contributed by atoms with Crippen LogP contribution in [-0.2, 0) is 33.4 Å². The van der Waals surface area contributed by atoms with Crippen molar-refractivity contribution in [1.29, 1.82) is 0 Å². The zero-order valence-electron chi connectivity index (χ0n) is 16.4. The quantitative estimate of drug-likeness (QED) is 0.738. The number of aryl methyl sites for hydroxylation is 1. The molecule has 2 amide bonds. The molecular formula is C24H27NO2. The second-order valence-corrected chi connectivity index (χ2v) is 9.00. The van der Waals surface area contributed by atoms with Gasteiger partial charge in [0.2, 0.25) is 11.8 Å². The Hall–Kier alpha value is -2.42. The van der Waals surface area contributed by atoms with Gasteiger partial charge in [0.05, 0.1) is 12.0 Å². The van der Waals surface area contributed by atoms with Gasteiger partial charge in [-0.15, -0.1) is 0 Å². The summed E-state index contributed by atoms with van der Waals surface area (Å²) in [6, 6.07) is 16.4. The van der Waals surface area contributed by atoms with E-state index in [0.717, 1.165) is 30.4 Å². The van der Waals surface area contributed by atoms with Crippen LogP contribution in [-0.4, -0.2) is 16.7 Å². The number of benzene rings is 2. The number of imide groups is 1. The van der Waals surface area contributed by atoms with Crippen molar-refractivity contribution >= 4 is 11.8 Å². The molecule has 1 atom stereocenters. The van der Waals surface area contributed by atoms with Crippen molar-refractivity contribution in [1.82, 2.24) is 4.90 Å². The summed E-state index contributed by atoms with van der Waals surface area (Å²) < 4.78 is 0. The van der Waals surface area contributed by atoms with Crippen LogP contribution in [0, 0.1) is 0 Å². The summed E-state index contributed by atoms with van der Waals surface area (Å²) in [6.07, 6.45) is 3.04. The monoisotopic (exact) mass is 361 g/mol. The molecule has 3 heteroatoms. The van der Waals surface area contributed by atoms with E-state index in [9.17, 15) is 9.59 Å². The van der Waals surface area contributed by atoms with Gasteiger partial charge < -0.3 is 0 Å². The molecule has 1 saturated heterocycles. The van der Waals surface area contributed by atoms with Gasteiger partial charge >= 0.3 is 0 Å². The van der Waals surface area contributed by atoms with Gasteiger partial charge in [-0.2, -0.15) is 0 Å². The first-order valence-electron chi connectivity index (χ1n) is 9.84. The van der Waals surface area contributed by atoms with E-state index < -0.39 is 5.41 Å². The summed E-state index contributed by atoms with van der Waals surface area (Å²) in [5.74, 6) is -0.0591. The lowest BCUT2D eigenvalue weighted by molar-refractivity contribution is -0.140. The van der Waals surface area contributed by atoms with Gasteiger partial charge in [0.25, 0.3) is 0 Å². The molecule has 1 aliphatic heterocycles. The number of fused-ring (bicyclic) bond motifs is 2. The van der Waals surface area contributed by atoms with Crippen molar-refractivity contribution < 1.29 is 9.59 Å². The highest BCUT2D eigenvalue weighted by atomic mass is 16.2. The molecular weight excluding hydrogens is 334 g/mol. The van der Waals surface area contributed by atoms with Gasteiger partial charge in [0, 0.05) is 6.42 Å². The SMILES string of the molecule is CC(C)(C)c1ccc(CN2C(=O)CC3(CCCc4ccccc43)C2=O)cc1. The number of likely N-dealkylation sites (tertiary alicyclic amines) is 1. The molecule has 2 aliphatic rings. The normalized spacial score (nSPS) is 22.4. The predicted octanol–water partition coefficient (Wildman–Crippen LogP) is 4.52. The summed E-state index contributed by atoms with van der Waals surface area (Å²) in [5, 5.41) is 0. The van der Waals surface area contributed by atoms with Crippen LogP contribution in [0.3, 0.4) is 0 Å². The number of amides is 2. The van der Waals surface area contributed by atoms with Gasteiger partial charge in [0.15, 0.2) is 0 Å². The number of hydrogen-bond acceptors (Lipinski definition) is 2. The summed E-state index contributed by atoms with van der Waals surface area (Å²) >= 11 is 0. The lowest BCUT2D eigenvalue weighted by atomic mass is 9.69. The Morgan fingerprint density at radius 3 is 2.41 bits per heavy atom. The topological polar surface area (TPSA) is 37.4 Å². The fourth-order valence-electron chi connectivity index (χ4n) is 4.58. The van der Waals surface area contributed by atoms with Crippen LogP contribution < -0.4 is 0 Å². The number of carbonyl (C=O) groups excluding carboxylic acids is 2. The van der Waals surface area contributed by atoms with E-state index >= 15 is 0 Å². The minimum absolute atomic E-state index is 0.0143. The molecule has 0 radical (unpaired) electrons. The van der Waals surface area contributed by atoms with Crippen LogP contribution in [0.1, 0.15) is 62.3 Å². The van der Waals surface area contributed by atoms with E-state index in [1.165, 1.54) is 16.0 Å². The van der Waals surface area contributed by atoms with Crippen molar-refractivity contribution in [3.05, 3.63) is 70.8 Å². The minimum Gasteiger partial charge on any atom is -0.277 e. The van der Waals surface area contributed by atoms with Gasteiger partial charge in [-0.25, -0.2) is 0 Å². The van der Waals surface area contributed by atoms with E-state index in [-0.39, 0.29) is 17.2 Å². The zero-order chi connectivity index (χ0) is 19.2. The Balaban J connectivity index is 1.61. The lowest BCUT2D eigenvalue weighted by Crippen LogP contribution is -2.40. The van der Waals surface area contributed by atoms with Crippen LogP contribution in [0.4, 0.5) is 0 Å². The van der Waals surface area contributed by atoms with Crippen LogP contribution in [0.25, 0.3) is 0 Å². The fraction of sp³-hybridized carbons (Fsp3) is 0.417. The Morgan fingerprint density at radius 2 is 1.70 bits per heavy atom.